The Bertz CT molecular complexity index is 1280. The van der Waals surface area contributed by atoms with E-state index >= 15 is 0 Å². The van der Waals surface area contributed by atoms with Crippen molar-refractivity contribution in [2.24, 2.45) is 5.92 Å². The summed E-state index contributed by atoms with van der Waals surface area (Å²) in [6.07, 6.45) is 0. The molecule has 0 spiro atoms. The SMILES string of the molecule is CCN1C(=S)NC(c2ccc(NS(=O)(=O)c3ccc(C(C)(C)C)cc3)cc2)C(C(=O)OCC(C)C)=C1C. The zero-order chi connectivity index (χ0) is 27.5. The molecule has 2 N–H and O–H groups in total. The lowest BCUT2D eigenvalue weighted by atomic mass is 9.87. The molecule has 0 aromatic heterocycles. The van der Waals surface area contributed by atoms with Crippen molar-refractivity contribution in [1.29, 1.82) is 0 Å². The zero-order valence-corrected chi connectivity index (χ0v) is 24.2. The highest BCUT2D eigenvalue weighted by Crippen LogP contribution is 2.32. The highest BCUT2D eigenvalue weighted by atomic mass is 32.2. The molecule has 0 fully saturated rings. The fourth-order valence-electron chi connectivity index (χ4n) is 4.09. The summed E-state index contributed by atoms with van der Waals surface area (Å²) in [7, 11) is -3.76. The summed E-state index contributed by atoms with van der Waals surface area (Å²) in [5.41, 5.74) is 3.41. The van der Waals surface area contributed by atoms with Gasteiger partial charge in [0, 0.05) is 17.9 Å². The maximum Gasteiger partial charge on any atom is 0.338 e. The Morgan fingerprint density at radius 1 is 1.11 bits per heavy atom. The second-order valence-corrected chi connectivity index (χ2v) is 12.7. The van der Waals surface area contributed by atoms with Crippen LogP contribution in [0.15, 0.2) is 64.7 Å². The molecule has 0 bridgehead atoms. The van der Waals surface area contributed by atoms with Gasteiger partial charge in [-0.25, -0.2) is 13.2 Å². The van der Waals surface area contributed by atoms with Gasteiger partial charge in [0.2, 0.25) is 0 Å². The fourth-order valence-corrected chi connectivity index (χ4v) is 5.53. The quantitative estimate of drug-likeness (QED) is 0.335. The average molecular weight is 544 g/mol. The van der Waals surface area contributed by atoms with Crippen LogP contribution in [-0.2, 0) is 25.0 Å². The van der Waals surface area contributed by atoms with E-state index in [0.717, 1.165) is 16.8 Å². The van der Waals surface area contributed by atoms with Gasteiger partial charge in [0.15, 0.2) is 5.11 Å². The molecule has 0 radical (unpaired) electrons. The first kappa shape index (κ1) is 28.7. The van der Waals surface area contributed by atoms with Gasteiger partial charge in [0.25, 0.3) is 10.0 Å². The van der Waals surface area contributed by atoms with Crippen molar-refractivity contribution < 1.29 is 17.9 Å². The largest absolute Gasteiger partial charge is 0.462 e. The highest BCUT2D eigenvalue weighted by Gasteiger charge is 2.34. The van der Waals surface area contributed by atoms with E-state index in [-0.39, 0.29) is 16.2 Å². The second kappa shape index (κ2) is 11.2. The average Bonchev–Trinajstić information content (AvgIpc) is 2.82. The van der Waals surface area contributed by atoms with Gasteiger partial charge in [-0.15, -0.1) is 0 Å². The maximum absolute atomic E-state index is 13.1. The first-order chi connectivity index (χ1) is 17.2. The van der Waals surface area contributed by atoms with Gasteiger partial charge in [-0.1, -0.05) is 58.9 Å². The Morgan fingerprint density at radius 2 is 1.70 bits per heavy atom. The minimum absolute atomic E-state index is 0.0674. The van der Waals surface area contributed by atoms with Crippen LogP contribution in [-0.4, -0.2) is 37.6 Å². The third-order valence-electron chi connectivity index (χ3n) is 6.21. The van der Waals surface area contributed by atoms with Crippen molar-refractivity contribution in [1.82, 2.24) is 10.2 Å². The number of allylic oxidation sites excluding steroid dienone is 1. The minimum Gasteiger partial charge on any atom is -0.462 e. The molecule has 3 rings (SSSR count). The van der Waals surface area contributed by atoms with Crippen LogP contribution in [0.4, 0.5) is 5.69 Å². The van der Waals surface area contributed by atoms with Crippen LogP contribution in [0.5, 0.6) is 0 Å². The summed E-state index contributed by atoms with van der Waals surface area (Å²) in [6.45, 7) is 15.0. The number of carbonyl (C=O) groups excluding carboxylic acids is 1. The van der Waals surface area contributed by atoms with E-state index in [4.69, 9.17) is 17.0 Å². The van der Waals surface area contributed by atoms with E-state index in [2.05, 4.69) is 30.8 Å². The lowest BCUT2D eigenvalue weighted by molar-refractivity contribution is -0.140. The van der Waals surface area contributed by atoms with Gasteiger partial charge in [-0.3, -0.25) is 4.72 Å². The molecule has 37 heavy (non-hydrogen) atoms. The van der Waals surface area contributed by atoms with Crippen LogP contribution >= 0.6 is 12.2 Å². The lowest BCUT2D eigenvalue weighted by Gasteiger charge is -2.37. The molecule has 0 saturated carbocycles. The molecule has 200 valence electrons. The fraction of sp³-hybridized carbons (Fsp3) is 0.429. The third-order valence-corrected chi connectivity index (χ3v) is 7.94. The molecule has 2 aromatic rings. The summed E-state index contributed by atoms with van der Waals surface area (Å²) in [5, 5.41) is 3.78. The number of carbonyl (C=O) groups is 1. The van der Waals surface area contributed by atoms with E-state index < -0.39 is 22.0 Å². The standard InChI is InChI=1S/C28H37N3O4S2/c1-8-31-19(4)24(26(32)35-17-18(2)3)25(29-27(31)36)20-9-13-22(14-10-20)30-37(33,34)23-15-11-21(12-16-23)28(5,6)7/h9-16,18,25,30H,8,17H2,1-7H3,(H,29,36). The zero-order valence-electron chi connectivity index (χ0n) is 22.6. The number of benzene rings is 2. The summed E-state index contributed by atoms with van der Waals surface area (Å²) >= 11 is 5.55. The van der Waals surface area contributed by atoms with Gasteiger partial charge in [-0.05, 0) is 72.8 Å². The Kier molecular flexibility index (Phi) is 8.70. The topological polar surface area (TPSA) is 87.7 Å². The van der Waals surface area contributed by atoms with E-state index in [0.29, 0.717) is 29.5 Å². The number of sulfonamides is 1. The summed E-state index contributed by atoms with van der Waals surface area (Å²) in [6, 6.07) is 13.3. The molecule has 2 aromatic carbocycles. The lowest BCUT2D eigenvalue weighted by Crippen LogP contribution is -2.47. The number of anilines is 1. The third kappa shape index (κ3) is 6.70. The molecular weight excluding hydrogens is 506 g/mol. The van der Waals surface area contributed by atoms with Crippen LogP contribution in [0.3, 0.4) is 0 Å². The molecule has 7 nitrogen and oxygen atoms in total. The van der Waals surface area contributed by atoms with E-state index in [1.165, 1.54) is 0 Å². The number of thiocarbonyl (C=S) groups is 1. The van der Waals surface area contributed by atoms with Crippen molar-refractivity contribution in [3.63, 3.8) is 0 Å². The van der Waals surface area contributed by atoms with Gasteiger partial charge in [0.05, 0.1) is 23.1 Å². The Hall–Kier alpha value is -2.91. The molecule has 9 heteroatoms. The molecule has 1 heterocycles. The van der Waals surface area contributed by atoms with Gasteiger partial charge in [-0.2, -0.15) is 0 Å². The predicted molar refractivity (Wildman–Crippen MR) is 152 cm³/mol. The van der Waals surface area contributed by atoms with Crippen LogP contribution in [0.2, 0.25) is 0 Å². The molecule has 0 amide bonds. The van der Waals surface area contributed by atoms with E-state index in [9.17, 15) is 13.2 Å². The van der Waals surface area contributed by atoms with Gasteiger partial charge in [0.1, 0.15) is 0 Å². The summed E-state index contributed by atoms with van der Waals surface area (Å²) in [5.74, 6) is -0.187. The maximum atomic E-state index is 13.1. The molecule has 1 aliphatic rings. The first-order valence-electron chi connectivity index (χ1n) is 12.4. The number of nitrogens with one attached hydrogen (secondary N) is 2. The van der Waals surface area contributed by atoms with Crippen molar-refractivity contribution in [3.8, 4) is 0 Å². The van der Waals surface area contributed by atoms with Crippen molar-refractivity contribution in [2.45, 2.75) is 64.8 Å². The molecular formula is C28H37N3O4S2. The number of hydrogen-bond donors (Lipinski definition) is 2. The van der Waals surface area contributed by atoms with E-state index in [1.807, 2.05) is 44.7 Å². The van der Waals surface area contributed by atoms with Crippen LogP contribution < -0.4 is 10.0 Å². The van der Waals surface area contributed by atoms with Crippen molar-refractivity contribution >= 4 is 39.0 Å². The normalized spacial score (nSPS) is 16.6. The number of nitrogens with zero attached hydrogens (tertiary/aromatic N) is 1. The minimum atomic E-state index is -3.76. The smallest absolute Gasteiger partial charge is 0.338 e. The van der Waals surface area contributed by atoms with Crippen LogP contribution in [0.25, 0.3) is 0 Å². The Morgan fingerprint density at radius 3 is 2.22 bits per heavy atom. The number of ether oxygens (including phenoxy) is 1. The van der Waals surface area contributed by atoms with Gasteiger partial charge < -0.3 is 15.0 Å². The number of rotatable bonds is 8. The monoisotopic (exact) mass is 543 g/mol. The summed E-state index contributed by atoms with van der Waals surface area (Å²) < 4.78 is 34.1. The van der Waals surface area contributed by atoms with Gasteiger partial charge >= 0.3 is 5.97 Å². The Balaban J connectivity index is 1.86. The summed E-state index contributed by atoms with van der Waals surface area (Å²) in [4.78, 5) is 15.1. The molecule has 1 aliphatic heterocycles. The first-order valence-corrected chi connectivity index (χ1v) is 14.3. The van der Waals surface area contributed by atoms with Crippen molar-refractivity contribution in [2.75, 3.05) is 17.9 Å². The van der Waals surface area contributed by atoms with Crippen molar-refractivity contribution in [3.05, 3.63) is 70.9 Å². The predicted octanol–water partition coefficient (Wildman–Crippen LogP) is 5.51. The number of hydrogen-bond acceptors (Lipinski definition) is 5. The molecule has 0 saturated heterocycles. The van der Waals surface area contributed by atoms with Crippen LogP contribution in [0, 0.1) is 5.92 Å². The number of esters is 1. The molecule has 1 unspecified atom stereocenters. The van der Waals surface area contributed by atoms with Crippen LogP contribution in [0.1, 0.15) is 65.6 Å². The Labute approximate surface area is 226 Å². The second-order valence-electron chi connectivity index (χ2n) is 10.6. The molecule has 0 aliphatic carbocycles. The van der Waals surface area contributed by atoms with E-state index in [1.54, 1.807) is 36.4 Å². The highest BCUT2D eigenvalue weighted by molar-refractivity contribution is 7.92. The molecule has 1 atom stereocenters.